The van der Waals surface area contributed by atoms with Gasteiger partial charge in [0.25, 0.3) is 10.0 Å². The van der Waals surface area contributed by atoms with Crippen molar-refractivity contribution in [3.8, 4) is 0 Å². The van der Waals surface area contributed by atoms with Crippen molar-refractivity contribution < 1.29 is 18.0 Å². The van der Waals surface area contributed by atoms with Crippen molar-refractivity contribution >= 4 is 62.3 Å². The minimum Gasteiger partial charge on any atom is -0.355 e. The van der Waals surface area contributed by atoms with Crippen molar-refractivity contribution in [2.24, 2.45) is 0 Å². The van der Waals surface area contributed by atoms with Gasteiger partial charge in [-0.1, -0.05) is 59.1 Å². The summed E-state index contributed by atoms with van der Waals surface area (Å²) in [6.45, 7) is 3.13. The number of hydrogen-bond acceptors (Lipinski definition) is 4. The number of para-hydroxylation sites is 1. The number of nitrogens with one attached hydrogen (secondary N) is 1. The van der Waals surface area contributed by atoms with Gasteiger partial charge < -0.3 is 10.2 Å². The topological polar surface area (TPSA) is 86.8 Å². The summed E-state index contributed by atoms with van der Waals surface area (Å²) >= 11 is 18.3. The molecule has 7 nitrogen and oxygen atoms in total. The van der Waals surface area contributed by atoms with Crippen LogP contribution in [0.15, 0.2) is 77.7 Å². The van der Waals surface area contributed by atoms with Crippen LogP contribution in [0.1, 0.15) is 19.4 Å². The molecule has 1 atom stereocenters. The first kappa shape index (κ1) is 28.8. The van der Waals surface area contributed by atoms with Crippen LogP contribution >= 0.6 is 34.8 Å². The maximum atomic E-state index is 13.7. The Morgan fingerprint density at radius 3 is 2.14 bits per heavy atom. The Morgan fingerprint density at radius 1 is 0.919 bits per heavy atom. The van der Waals surface area contributed by atoms with Gasteiger partial charge in [0.15, 0.2) is 0 Å². The molecular formula is C26H26Cl3N3O4S. The Morgan fingerprint density at radius 2 is 1.54 bits per heavy atom. The standard InChI is InChI=1S/C26H26Cl3N3O4S/c1-3-30-26(34)18(2)31(16-19-9-10-21(28)15-24(19)29)25(33)17-32(22-7-5-4-6-8-22)37(35,36)23-13-11-20(27)12-14-23/h4-15,18H,3,16-17H2,1-2H3,(H,30,34). The van der Waals surface area contributed by atoms with Gasteiger partial charge in [-0.05, 0) is 67.9 Å². The highest BCUT2D eigenvalue weighted by molar-refractivity contribution is 7.92. The predicted octanol–water partition coefficient (Wildman–Crippen LogP) is 5.40. The fraction of sp³-hybridized carbons (Fsp3) is 0.231. The van der Waals surface area contributed by atoms with Crippen molar-refractivity contribution in [2.75, 3.05) is 17.4 Å². The lowest BCUT2D eigenvalue weighted by atomic mass is 10.1. The van der Waals surface area contributed by atoms with E-state index in [0.29, 0.717) is 32.9 Å². The van der Waals surface area contributed by atoms with Gasteiger partial charge in [0.05, 0.1) is 10.6 Å². The number of carbonyl (C=O) groups excluding carboxylic acids is 2. The first-order valence-electron chi connectivity index (χ1n) is 11.4. The third-order valence-corrected chi connectivity index (χ3v) is 8.23. The number of anilines is 1. The largest absolute Gasteiger partial charge is 0.355 e. The highest BCUT2D eigenvalue weighted by Gasteiger charge is 2.32. The lowest BCUT2D eigenvalue weighted by Gasteiger charge is -2.32. The number of halogens is 3. The van der Waals surface area contributed by atoms with E-state index in [2.05, 4.69) is 5.32 Å². The summed E-state index contributed by atoms with van der Waals surface area (Å²) in [7, 11) is -4.16. The Balaban J connectivity index is 2.02. The summed E-state index contributed by atoms with van der Waals surface area (Å²) in [4.78, 5) is 27.7. The number of amides is 2. The lowest BCUT2D eigenvalue weighted by Crippen LogP contribution is -2.51. The average Bonchev–Trinajstić information content (AvgIpc) is 2.87. The number of benzene rings is 3. The van der Waals surface area contributed by atoms with Crippen molar-refractivity contribution in [1.82, 2.24) is 10.2 Å². The van der Waals surface area contributed by atoms with Crippen LogP contribution in [0.3, 0.4) is 0 Å². The zero-order chi connectivity index (χ0) is 27.2. The van der Waals surface area contributed by atoms with Crippen LogP contribution in [0.5, 0.6) is 0 Å². The van der Waals surface area contributed by atoms with Crippen LogP contribution in [0.2, 0.25) is 15.1 Å². The van der Waals surface area contributed by atoms with Crippen molar-refractivity contribution in [1.29, 1.82) is 0 Å². The monoisotopic (exact) mass is 581 g/mol. The maximum Gasteiger partial charge on any atom is 0.264 e. The fourth-order valence-electron chi connectivity index (χ4n) is 3.59. The summed E-state index contributed by atoms with van der Waals surface area (Å²) in [5.74, 6) is -0.973. The second-order valence-electron chi connectivity index (χ2n) is 8.13. The Kier molecular flexibility index (Phi) is 9.84. The predicted molar refractivity (Wildman–Crippen MR) is 148 cm³/mol. The van der Waals surface area contributed by atoms with Gasteiger partial charge in [-0.15, -0.1) is 0 Å². The molecule has 1 N–H and O–H groups in total. The molecule has 0 fully saturated rings. The van der Waals surface area contributed by atoms with Gasteiger partial charge in [-0.2, -0.15) is 0 Å². The van der Waals surface area contributed by atoms with E-state index in [1.54, 1.807) is 62.4 Å². The smallest absolute Gasteiger partial charge is 0.264 e. The molecule has 0 bridgehead atoms. The molecule has 2 amide bonds. The van der Waals surface area contributed by atoms with Gasteiger partial charge >= 0.3 is 0 Å². The van der Waals surface area contributed by atoms with E-state index in [-0.39, 0.29) is 17.3 Å². The molecular weight excluding hydrogens is 557 g/mol. The van der Waals surface area contributed by atoms with Crippen molar-refractivity contribution in [2.45, 2.75) is 31.3 Å². The van der Waals surface area contributed by atoms with Gasteiger partial charge in [-0.3, -0.25) is 13.9 Å². The van der Waals surface area contributed by atoms with E-state index in [9.17, 15) is 18.0 Å². The molecule has 196 valence electrons. The second kappa shape index (κ2) is 12.6. The van der Waals surface area contributed by atoms with Crippen molar-refractivity contribution in [3.05, 3.63) is 93.4 Å². The molecule has 0 saturated heterocycles. The lowest BCUT2D eigenvalue weighted by molar-refractivity contribution is -0.139. The van der Waals surface area contributed by atoms with E-state index < -0.39 is 28.5 Å². The van der Waals surface area contributed by atoms with Crippen LogP contribution in [-0.2, 0) is 26.2 Å². The molecule has 0 aliphatic heterocycles. The third-order valence-electron chi connectivity index (χ3n) is 5.60. The van der Waals surface area contributed by atoms with Gasteiger partial charge in [0, 0.05) is 28.2 Å². The zero-order valence-corrected chi connectivity index (χ0v) is 23.3. The molecule has 3 aromatic carbocycles. The molecule has 0 aliphatic carbocycles. The van der Waals surface area contributed by atoms with E-state index in [0.717, 1.165) is 4.31 Å². The summed E-state index contributed by atoms with van der Waals surface area (Å²) in [5.41, 5.74) is 0.850. The Bertz CT molecular complexity index is 1350. The van der Waals surface area contributed by atoms with E-state index in [1.165, 1.54) is 29.2 Å². The quantitative estimate of drug-likeness (QED) is 0.347. The highest BCUT2D eigenvalue weighted by atomic mass is 35.5. The first-order chi connectivity index (χ1) is 17.5. The minimum absolute atomic E-state index is 0.0300. The third kappa shape index (κ3) is 7.17. The minimum atomic E-state index is -4.16. The normalized spacial score (nSPS) is 12.0. The summed E-state index contributed by atoms with van der Waals surface area (Å²) < 4.78 is 28.3. The van der Waals surface area contributed by atoms with Gasteiger partial charge in [-0.25, -0.2) is 8.42 Å². The van der Waals surface area contributed by atoms with Crippen LogP contribution in [0.25, 0.3) is 0 Å². The second-order valence-corrected chi connectivity index (χ2v) is 11.3. The maximum absolute atomic E-state index is 13.7. The van der Waals surface area contributed by atoms with Crippen LogP contribution in [0.4, 0.5) is 5.69 Å². The van der Waals surface area contributed by atoms with Gasteiger partial charge in [0.2, 0.25) is 11.8 Å². The van der Waals surface area contributed by atoms with Gasteiger partial charge in [0.1, 0.15) is 12.6 Å². The van der Waals surface area contributed by atoms with E-state index >= 15 is 0 Å². The Labute approximate surface area is 232 Å². The Hall–Kier alpha value is -2.78. The molecule has 0 aliphatic rings. The summed E-state index contributed by atoms with van der Waals surface area (Å²) in [6.07, 6.45) is 0. The first-order valence-corrected chi connectivity index (χ1v) is 14.0. The number of sulfonamides is 1. The zero-order valence-electron chi connectivity index (χ0n) is 20.2. The molecule has 0 heterocycles. The van der Waals surface area contributed by atoms with Crippen molar-refractivity contribution in [3.63, 3.8) is 0 Å². The molecule has 0 saturated carbocycles. The van der Waals surface area contributed by atoms with Crippen LogP contribution in [0, 0.1) is 0 Å². The van der Waals surface area contributed by atoms with Crippen LogP contribution < -0.4 is 9.62 Å². The number of carbonyl (C=O) groups is 2. The average molecular weight is 583 g/mol. The number of rotatable bonds is 10. The molecule has 3 rings (SSSR count). The molecule has 0 spiro atoms. The molecule has 37 heavy (non-hydrogen) atoms. The number of nitrogens with zero attached hydrogens (tertiary/aromatic N) is 2. The fourth-order valence-corrected chi connectivity index (χ4v) is 5.60. The number of likely N-dealkylation sites (N-methyl/N-ethyl adjacent to an activating group) is 1. The number of hydrogen-bond donors (Lipinski definition) is 1. The SMILES string of the molecule is CCNC(=O)C(C)N(Cc1ccc(Cl)cc1Cl)C(=O)CN(c1ccccc1)S(=O)(=O)c1ccc(Cl)cc1. The van der Waals surface area contributed by atoms with E-state index in [4.69, 9.17) is 34.8 Å². The van der Waals surface area contributed by atoms with E-state index in [1.807, 2.05) is 0 Å². The summed E-state index contributed by atoms with van der Waals surface area (Å²) in [6, 6.07) is 17.9. The molecule has 0 aromatic heterocycles. The summed E-state index contributed by atoms with van der Waals surface area (Å²) in [5, 5.41) is 3.83. The highest BCUT2D eigenvalue weighted by Crippen LogP contribution is 2.27. The molecule has 0 radical (unpaired) electrons. The molecule has 11 heteroatoms. The molecule has 3 aromatic rings. The molecule has 1 unspecified atom stereocenters. The van der Waals surface area contributed by atoms with Crippen LogP contribution in [-0.4, -0.2) is 44.3 Å².